The third-order valence-electron chi connectivity index (χ3n) is 8.35. The molecule has 0 amide bonds. The molecule has 0 saturated carbocycles. The lowest BCUT2D eigenvalue weighted by atomic mass is 9.88. The molecular weight excluding hydrogens is 680 g/mol. The molecule has 1 aliphatic rings. The molecule has 4 rings (SSSR count). The first-order valence-corrected chi connectivity index (χ1v) is 18.9. The van der Waals surface area contributed by atoms with E-state index in [1.807, 2.05) is 42.4 Å². The van der Waals surface area contributed by atoms with Gasteiger partial charge < -0.3 is 14.2 Å². The average Bonchev–Trinajstić information content (AvgIpc) is 3.60. The van der Waals surface area contributed by atoms with Crippen molar-refractivity contribution < 1.29 is 36.4 Å². The summed E-state index contributed by atoms with van der Waals surface area (Å²) in [4.78, 5) is 24.7. The van der Waals surface area contributed by atoms with Crippen molar-refractivity contribution in [2.24, 2.45) is 7.05 Å². The number of methoxy groups -OCH3 is 2. The van der Waals surface area contributed by atoms with E-state index in [9.17, 15) is 18.0 Å². The average molecular weight is 723 g/mol. The molecule has 262 valence electrons. The molecule has 1 fully saturated rings. The highest BCUT2D eigenvalue weighted by molar-refractivity contribution is 7.97. The van der Waals surface area contributed by atoms with E-state index in [0.717, 1.165) is 64.9 Å². The second kappa shape index (κ2) is 16.5. The number of hydrogen-bond donors (Lipinski definition) is 0. The number of carbonyl (C=O) groups excluding carboxylic acids is 2. The normalized spacial score (nSPS) is 15.7. The summed E-state index contributed by atoms with van der Waals surface area (Å²) in [6, 6.07) is 5.52. The predicted octanol–water partition coefficient (Wildman–Crippen LogP) is 6.06. The second-order valence-electron chi connectivity index (χ2n) is 11.6. The molecule has 0 spiro atoms. The number of thioether (sulfide) groups is 1. The lowest BCUT2D eigenvalue weighted by molar-refractivity contribution is -0.140. The number of aryl methyl sites for hydroxylation is 1. The zero-order chi connectivity index (χ0) is 35.2. The number of esters is 2. The number of ether oxygens (including phenoxy) is 3. The third-order valence-corrected chi connectivity index (χ3v) is 10.2. The van der Waals surface area contributed by atoms with Gasteiger partial charge in [-0.1, -0.05) is 17.7 Å². The molecule has 1 aromatic carbocycles. The monoisotopic (exact) mass is 722 g/mol. The van der Waals surface area contributed by atoms with E-state index in [0.29, 0.717) is 40.0 Å². The number of nitrogens with zero attached hydrogens (tertiary/aromatic N) is 4. The van der Waals surface area contributed by atoms with Gasteiger partial charge in [0.15, 0.2) is 0 Å². The number of hydrogen-bond acceptors (Lipinski definition) is 11. The van der Waals surface area contributed by atoms with Gasteiger partial charge in [0, 0.05) is 59.0 Å². The fraction of sp³-hybridized carbons (Fsp3) is 0.515. The van der Waals surface area contributed by atoms with Crippen molar-refractivity contribution in [3.63, 3.8) is 0 Å². The van der Waals surface area contributed by atoms with Gasteiger partial charge in [0.05, 0.1) is 37.6 Å². The Morgan fingerprint density at radius 3 is 2.48 bits per heavy atom. The Morgan fingerprint density at radius 2 is 1.83 bits per heavy atom. The smallest absolute Gasteiger partial charge is 0.333 e. The van der Waals surface area contributed by atoms with E-state index < -0.39 is 16.1 Å². The molecule has 0 bridgehead atoms. The van der Waals surface area contributed by atoms with Gasteiger partial charge in [-0.05, 0) is 75.3 Å². The first kappa shape index (κ1) is 37.6. The molecule has 1 saturated heterocycles. The fourth-order valence-corrected chi connectivity index (χ4v) is 7.36. The summed E-state index contributed by atoms with van der Waals surface area (Å²) in [5.74, 6) is 0.233. The van der Waals surface area contributed by atoms with Crippen LogP contribution in [0, 0.1) is 13.8 Å². The standard InChI is InChI=1S/C33H43ClN4O8S2/c1-20-25(26(12-14-30(39)43-5)21(2)33(40)44-6)11-13-27(34)31(20)32-22(3)37(4)36-28(32)19-47-18-24-16-23(17-46-48(7,41)42)35-38(24)29-10-8-9-15-45-29/h11,13,16,29H,8-10,12,14-15,17-19H2,1-7H3/b26-21+. The summed E-state index contributed by atoms with van der Waals surface area (Å²) in [6.07, 6.45) is 3.97. The first-order chi connectivity index (χ1) is 22.7. The Balaban J connectivity index is 1.67. The van der Waals surface area contributed by atoms with Crippen LogP contribution in [0.5, 0.6) is 0 Å². The first-order valence-electron chi connectivity index (χ1n) is 15.5. The molecule has 0 N–H and O–H groups in total. The Kier molecular flexibility index (Phi) is 12.9. The summed E-state index contributed by atoms with van der Waals surface area (Å²) in [6.45, 7) is 6.10. The van der Waals surface area contributed by atoms with Crippen molar-refractivity contribution in [3.8, 4) is 11.1 Å². The van der Waals surface area contributed by atoms with Crippen LogP contribution in [0.1, 0.15) is 79.2 Å². The van der Waals surface area contributed by atoms with Gasteiger partial charge in [0.1, 0.15) is 12.8 Å². The van der Waals surface area contributed by atoms with Crippen LogP contribution in [0.15, 0.2) is 23.8 Å². The molecule has 3 heterocycles. The zero-order valence-electron chi connectivity index (χ0n) is 28.4. The van der Waals surface area contributed by atoms with E-state index in [-0.39, 0.29) is 31.6 Å². The molecule has 1 atom stereocenters. The molecule has 0 radical (unpaired) electrons. The van der Waals surface area contributed by atoms with Gasteiger partial charge in [0.2, 0.25) is 0 Å². The van der Waals surface area contributed by atoms with E-state index in [4.69, 9.17) is 35.1 Å². The Hall–Kier alpha value is -3.17. The van der Waals surface area contributed by atoms with Gasteiger partial charge in [-0.15, -0.1) is 11.8 Å². The van der Waals surface area contributed by atoms with E-state index in [1.54, 1.807) is 24.8 Å². The van der Waals surface area contributed by atoms with Crippen molar-refractivity contribution in [1.82, 2.24) is 19.6 Å². The molecule has 2 aromatic heterocycles. The lowest BCUT2D eigenvalue weighted by Crippen LogP contribution is -2.21. The van der Waals surface area contributed by atoms with Gasteiger partial charge in [-0.25, -0.2) is 9.48 Å². The van der Waals surface area contributed by atoms with Crippen molar-refractivity contribution in [3.05, 3.63) is 62.7 Å². The molecule has 3 aromatic rings. The number of halogens is 1. The number of allylic oxidation sites excluding steroid dienone is 1. The van der Waals surface area contributed by atoms with E-state index >= 15 is 0 Å². The Bertz CT molecular complexity index is 1790. The minimum absolute atomic E-state index is 0.0932. The molecule has 1 unspecified atom stereocenters. The summed E-state index contributed by atoms with van der Waals surface area (Å²) in [5, 5.41) is 10.0. The topological polar surface area (TPSA) is 141 Å². The number of benzene rings is 1. The zero-order valence-corrected chi connectivity index (χ0v) is 30.8. The molecule has 0 aliphatic carbocycles. The SMILES string of the molecule is COC(=O)CC/C(=C(/C)C(=O)OC)c1ccc(Cl)c(-c2c(CSCc3cc(COS(C)(=O)=O)nn3C3CCCCO3)nn(C)c2C)c1C. The Labute approximate surface area is 291 Å². The van der Waals surface area contributed by atoms with Gasteiger partial charge in [-0.3, -0.25) is 13.7 Å². The quantitative estimate of drug-likeness (QED) is 0.109. The third kappa shape index (κ3) is 9.08. The summed E-state index contributed by atoms with van der Waals surface area (Å²) in [7, 11) is 0.915. The van der Waals surface area contributed by atoms with Crippen LogP contribution < -0.4 is 0 Å². The summed E-state index contributed by atoms with van der Waals surface area (Å²) >= 11 is 8.55. The van der Waals surface area contributed by atoms with Crippen LogP contribution in [0.2, 0.25) is 5.02 Å². The minimum atomic E-state index is -3.62. The van der Waals surface area contributed by atoms with Gasteiger partial charge in [0.25, 0.3) is 10.1 Å². The number of aromatic nitrogens is 4. The van der Waals surface area contributed by atoms with E-state index in [2.05, 4.69) is 5.10 Å². The van der Waals surface area contributed by atoms with E-state index in [1.165, 1.54) is 14.2 Å². The highest BCUT2D eigenvalue weighted by atomic mass is 35.5. The van der Waals surface area contributed by atoms with Crippen molar-refractivity contribution in [1.29, 1.82) is 0 Å². The van der Waals surface area contributed by atoms with Crippen molar-refractivity contribution in [2.75, 3.05) is 27.1 Å². The predicted molar refractivity (Wildman–Crippen MR) is 185 cm³/mol. The molecule has 1 aliphatic heterocycles. The highest BCUT2D eigenvalue weighted by Gasteiger charge is 2.25. The molecule has 12 nitrogen and oxygen atoms in total. The lowest BCUT2D eigenvalue weighted by Gasteiger charge is -2.24. The Morgan fingerprint density at radius 1 is 1.08 bits per heavy atom. The number of rotatable bonds is 14. The van der Waals surface area contributed by atoms with Gasteiger partial charge >= 0.3 is 11.9 Å². The maximum absolute atomic E-state index is 12.6. The van der Waals surface area contributed by atoms with Crippen molar-refractivity contribution >= 4 is 51.0 Å². The van der Waals surface area contributed by atoms with Crippen LogP contribution in [0.3, 0.4) is 0 Å². The highest BCUT2D eigenvalue weighted by Crippen LogP contribution is 2.41. The van der Waals surface area contributed by atoms with Crippen LogP contribution in [0.4, 0.5) is 0 Å². The molecular formula is C33H43ClN4O8S2. The van der Waals surface area contributed by atoms with Crippen LogP contribution in [0.25, 0.3) is 16.7 Å². The van der Waals surface area contributed by atoms with Crippen LogP contribution in [-0.4, -0.2) is 67.0 Å². The van der Waals surface area contributed by atoms with Crippen LogP contribution >= 0.6 is 23.4 Å². The second-order valence-corrected chi connectivity index (χ2v) is 14.7. The van der Waals surface area contributed by atoms with Crippen molar-refractivity contribution in [2.45, 2.75) is 77.2 Å². The summed E-state index contributed by atoms with van der Waals surface area (Å²) in [5.41, 5.74) is 7.53. The molecule has 15 heteroatoms. The maximum Gasteiger partial charge on any atom is 0.333 e. The number of carbonyl (C=O) groups is 2. The largest absolute Gasteiger partial charge is 0.469 e. The minimum Gasteiger partial charge on any atom is -0.469 e. The molecule has 48 heavy (non-hydrogen) atoms. The van der Waals surface area contributed by atoms with Gasteiger partial charge in [-0.2, -0.15) is 18.6 Å². The van der Waals surface area contributed by atoms with Crippen LogP contribution in [-0.2, 0) is 63.3 Å². The summed E-state index contributed by atoms with van der Waals surface area (Å²) < 4.78 is 47.8. The fourth-order valence-electron chi connectivity index (χ4n) is 5.80. The maximum atomic E-state index is 12.6.